The maximum atomic E-state index is 11.6. The topological polar surface area (TPSA) is 96.0 Å². The Kier molecular flexibility index (Phi) is 9.92. The first-order valence-corrected chi connectivity index (χ1v) is 8.13. The van der Waals surface area contributed by atoms with Crippen LogP contribution in [0.3, 0.4) is 0 Å². The number of carbonyl (C=O) groups is 4. The Morgan fingerprint density at radius 2 is 2.00 bits per heavy atom. The van der Waals surface area contributed by atoms with Gasteiger partial charge in [-0.2, -0.15) is 0 Å². The lowest BCUT2D eigenvalue weighted by Gasteiger charge is -2.20. The van der Waals surface area contributed by atoms with Crippen molar-refractivity contribution < 1.29 is 33.4 Å². The summed E-state index contributed by atoms with van der Waals surface area (Å²) in [5.41, 5.74) is -0.618. The Balaban J connectivity index is 0.000000754. The summed E-state index contributed by atoms with van der Waals surface area (Å²) in [5, 5.41) is 0. The van der Waals surface area contributed by atoms with E-state index in [1.807, 2.05) is 20.8 Å². The van der Waals surface area contributed by atoms with Crippen molar-refractivity contribution in [3.8, 4) is 0 Å². The Morgan fingerprint density at radius 1 is 1.38 bits per heavy atom. The van der Waals surface area contributed by atoms with E-state index in [0.29, 0.717) is 6.42 Å². The third-order valence-electron chi connectivity index (χ3n) is 3.76. The summed E-state index contributed by atoms with van der Waals surface area (Å²) in [4.78, 5) is 43.4. The van der Waals surface area contributed by atoms with E-state index in [4.69, 9.17) is 9.47 Å². The van der Waals surface area contributed by atoms with Gasteiger partial charge in [0.2, 0.25) is 0 Å². The molecule has 7 heteroatoms. The Hall–Kier alpha value is -1.92. The molecule has 0 aromatic rings. The highest BCUT2D eigenvalue weighted by molar-refractivity contribution is 5.80. The third kappa shape index (κ3) is 8.64. The summed E-state index contributed by atoms with van der Waals surface area (Å²) in [6.07, 6.45) is 2.04. The number of esters is 3. The summed E-state index contributed by atoms with van der Waals surface area (Å²) >= 11 is 0. The van der Waals surface area contributed by atoms with Crippen LogP contribution in [-0.2, 0) is 33.4 Å². The summed E-state index contributed by atoms with van der Waals surface area (Å²) < 4.78 is 14.4. The van der Waals surface area contributed by atoms with E-state index in [1.165, 1.54) is 0 Å². The summed E-state index contributed by atoms with van der Waals surface area (Å²) in [6, 6.07) is 0. The number of rotatable bonds is 7. The van der Waals surface area contributed by atoms with Crippen molar-refractivity contribution >= 4 is 24.2 Å². The predicted octanol–water partition coefficient (Wildman–Crippen LogP) is 2.06. The molecular formula is C17H28O7. The molecule has 1 aliphatic heterocycles. The molecular weight excluding hydrogens is 316 g/mol. The molecule has 0 bridgehead atoms. The SMILES string of the molecule is CCC(C)(C)C(=O)OCC(=O)OC1COC(=O)C1.CCC(C)C=O. The molecule has 2 unspecified atom stereocenters. The fourth-order valence-corrected chi connectivity index (χ4v) is 1.35. The van der Waals surface area contributed by atoms with E-state index in [9.17, 15) is 19.2 Å². The lowest BCUT2D eigenvalue weighted by molar-refractivity contribution is -0.167. The van der Waals surface area contributed by atoms with Crippen molar-refractivity contribution in [1.82, 2.24) is 0 Å². The predicted molar refractivity (Wildman–Crippen MR) is 86.0 cm³/mol. The van der Waals surface area contributed by atoms with E-state index in [-0.39, 0.29) is 18.9 Å². The maximum absolute atomic E-state index is 11.6. The molecule has 1 heterocycles. The summed E-state index contributed by atoms with van der Waals surface area (Å²) in [6.45, 7) is 8.88. The van der Waals surface area contributed by atoms with Gasteiger partial charge >= 0.3 is 17.9 Å². The number of ether oxygens (including phenoxy) is 3. The van der Waals surface area contributed by atoms with Gasteiger partial charge < -0.3 is 19.0 Å². The molecule has 138 valence electrons. The molecule has 0 N–H and O–H groups in total. The molecule has 1 fully saturated rings. The van der Waals surface area contributed by atoms with Gasteiger partial charge in [0.25, 0.3) is 0 Å². The third-order valence-corrected chi connectivity index (χ3v) is 3.76. The van der Waals surface area contributed by atoms with Gasteiger partial charge in [-0.25, -0.2) is 4.79 Å². The molecule has 7 nitrogen and oxygen atoms in total. The van der Waals surface area contributed by atoms with Crippen LogP contribution < -0.4 is 0 Å². The second-order valence-electron chi connectivity index (χ2n) is 6.33. The normalized spacial score (nSPS) is 17.9. The molecule has 1 saturated heterocycles. The van der Waals surface area contributed by atoms with E-state index < -0.39 is 36.0 Å². The zero-order chi connectivity index (χ0) is 18.8. The first-order chi connectivity index (χ1) is 11.2. The minimum absolute atomic E-state index is 0.0557. The first-order valence-electron chi connectivity index (χ1n) is 8.13. The van der Waals surface area contributed by atoms with Crippen molar-refractivity contribution in [3.05, 3.63) is 0 Å². The van der Waals surface area contributed by atoms with Crippen LogP contribution in [0.2, 0.25) is 0 Å². The number of cyclic esters (lactones) is 1. The van der Waals surface area contributed by atoms with Crippen molar-refractivity contribution in [1.29, 1.82) is 0 Å². The minimum atomic E-state index is -0.668. The second kappa shape index (κ2) is 10.8. The van der Waals surface area contributed by atoms with Crippen LogP contribution in [-0.4, -0.2) is 43.5 Å². The van der Waals surface area contributed by atoms with Gasteiger partial charge in [0.15, 0.2) is 6.61 Å². The fourth-order valence-electron chi connectivity index (χ4n) is 1.35. The van der Waals surface area contributed by atoms with Crippen LogP contribution in [0.25, 0.3) is 0 Å². The molecule has 0 saturated carbocycles. The zero-order valence-electron chi connectivity index (χ0n) is 15.1. The van der Waals surface area contributed by atoms with Crippen molar-refractivity contribution in [2.24, 2.45) is 11.3 Å². The van der Waals surface area contributed by atoms with Crippen LogP contribution in [0, 0.1) is 11.3 Å². The van der Waals surface area contributed by atoms with Gasteiger partial charge in [-0.15, -0.1) is 0 Å². The fraction of sp³-hybridized carbons (Fsp3) is 0.765. The molecule has 0 spiro atoms. The molecule has 0 aromatic heterocycles. The van der Waals surface area contributed by atoms with Gasteiger partial charge in [-0.05, 0) is 26.7 Å². The molecule has 0 radical (unpaired) electrons. The maximum Gasteiger partial charge on any atom is 0.344 e. The standard InChI is InChI=1S/C12H18O6.C5H10O/c1-4-12(2,3)11(15)17-7-10(14)18-8-5-9(13)16-6-8;1-3-5(2)4-6/h8H,4-7H2,1-3H3;4-5H,3H2,1-2H3. The lowest BCUT2D eigenvalue weighted by Crippen LogP contribution is -2.29. The highest BCUT2D eigenvalue weighted by Gasteiger charge is 2.30. The van der Waals surface area contributed by atoms with Gasteiger partial charge in [0, 0.05) is 5.92 Å². The van der Waals surface area contributed by atoms with Gasteiger partial charge in [0.1, 0.15) is 19.0 Å². The van der Waals surface area contributed by atoms with Crippen LogP contribution in [0.5, 0.6) is 0 Å². The first kappa shape index (κ1) is 22.1. The Bertz CT molecular complexity index is 442. The highest BCUT2D eigenvalue weighted by Crippen LogP contribution is 2.21. The molecule has 0 aromatic carbocycles. The van der Waals surface area contributed by atoms with E-state index in [2.05, 4.69) is 4.74 Å². The van der Waals surface area contributed by atoms with Gasteiger partial charge in [-0.3, -0.25) is 9.59 Å². The van der Waals surface area contributed by atoms with Crippen LogP contribution >= 0.6 is 0 Å². The summed E-state index contributed by atoms with van der Waals surface area (Å²) in [7, 11) is 0. The Labute approximate surface area is 143 Å². The Morgan fingerprint density at radius 3 is 2.38 bits per heavy atom. The number of hydrogen-bond acceptors (Lipinski definition) is 7. The molecule has 0 aliphatic carbocycles. The molecule has 2 atom stereocenters. The summed E-state index contributed by atoms with van der Waals surface area (Å²) in [5.74, 6) is -1.25. The average molecular weight is 344 g/mol. The lowest BCUT2D eigenvalue weighted by atomic mass is 9.91. The largest absolute Gasteiger partial charge is 0.462 e. The van der Waals surface area contributed by atoms with E-state index in [0.717, 1.165) is 12.7 Å². The van der Waals surface area contributed by atoms with E-state index in [1.54, 1.807) is 13.8 Å². The van der Waals surface area contributed by atoms with Crippen molar-refractivity contribution in [2.45, 2.75) is 60.0 Å². The highest BCUT2D eigenvalue weighted by atomic mass is 16.6. The average Bonchev–Trinajstić information content (AvgIpc) is 2.96. The molecule has 24 heavy (non-hydrogen) atoms. The van der Waals surface area contributed by atoms with E-state index >= 15 is 0 Å². The van der Waals surface area contributed by atoms with Crippen molar-refractivity contribution in [2.75, 3.05) is 13.2 Å². The zero-order valence-corrected chi connectivity index (χ0v) is 15.1. The number of hydrogen-bond donors (Lipinski definition) is 0. The smallest absolute Gasteiger partial charge is 0.344 e. The second-order valence-corrected chi connectivity index (χ2v) is 6.33. The van der Waals surface area contributed by atoms with Gasteiger partial charge in [0.05, 0.1) is 11.8 Å². The molecule has 1 aliphatic rings. The van der Waals surface area contributed by atoms with Crippen LogP contribution in [0.15, 0.2) is 0 Å². The van der Waals surface area contributed by atoms with Gasteiger partial charge in [-0.1, -0.05) is 20.8 Å². The molecule has 1 rings (SSSR count). The minimum Gasteiger partial charge on any atom is -0.462 e. The number of aldehydes is 1. The monoisotopic (exact) mass is 344 g/mol. The van der Waals surface area contributed by atoms with Crippen LogP contribution in [0.1, 0.15) is 53.9 Å². The quantitative estimate of drug-likeness (QED) is 0.396. The molecule has 0 amide bonds. The number of carbonyl (C=O) groups excluding carboxylic acids is 4. The van der Waals surface area contributed by atoms with Crippen molar-refractivity contribution in [3.63, 3.8) is 0 Å². The van der Waals surface area contributed by atoms with Crippen LogP contribution in [0.4, 0.5) is 0 Å².